The predicted octanol–water partition coefficient (Wildman–Crippen LogP) is 2.82. The molecule has 0 unspecified atom stereocenters. The fraction of sp³-hybridized carbons (Fsp3) is 0.300. The standard InChI is InChI=1S/C10H9Cl2NO/c11-10(12)6-8(10)9(14)13-7-4-2-1-3-5-7/h1-5,8H,6H2,(H,13,14)/t8-/m1/s1. The first-order valence-corrected chi connectivity index (χ1v) is 5.09. The van der Waals surface area contributed by atoms with E-state index in [0.717, 1.165) is 5.69 Å². The summed E-state index contributed by atoms with van der Waals surface area (Å²) < 4.78 is -0.848. The Kier molecular flexibility index (Phi) is 2.41. The van der Waals surface area contributed by atoms with Gasteiger partial charge < -0.3 is 5.32 Å². The van der Waals surface area contributed by atoms with E-state index in [-0.39, 0.29) is 11.8 Å². The second-order valence-electron chi connectivity index (χ2n) is 3.37. The van der Waals surface area contributed by atoms with Crippen LogP contribution in [0.5, 0.6) is 0 Å². The quantitative estimate of drug-likeness (QED) is 0.777. The van der Waals surface area contributed by atoms with E-state index in [1.54, 1.807) is 0 Å². The predicted molar refractivity (Wildman–Crippen MR) is 57.6 cm³/mol. The summed E-state index contributed by atoms with van der Waals surface area (Å²) in [6, 6.07) is 9.25. The van der Waals surface area contributed by atoms with Gasteiger partial charge in [0.25, 0.3) is 0 Å². The maximum absolute atomic E-state index is 11.5. The van der Waals surface area contributed by atoms with Gasteiger partial charge >= 0.3 is 0 Å². The summed E-state index contributed by atoms with van der Waals surface area (Å²) in [4.78, 5) is 11.5. The molecule has 74 valence electrons. The zero-order chi connectivity index (χ0) is 10.2. The van der Waals surface area contributed by atoms with Crippen LogP contribution in [0, 0.1) is 5.92 Å². The van der Waals surface area contributed by atoms with Crippen molar-refractivity contribution in [2.75, 3.05) is 5.32 Å². The second kappa shape index (κ2) is 3.44. The molecule has 4 heteroatoms. The summed E-state index contributed by atoms with van der Waals surface area (Å²) >= 11 is 11.5. The Balaban J connectivity index is 1.97. The van der Waals surface area contributed by atoms with Crippen LogP contribution in [0.2, 0.25) is 0 Å². The van der Waals surface area contributed by atoms with Crippen LogP contribution in [0.1, 0.15) is 6.42 Å². The monoisotopic (exact) mass is 229 g/mol. The Hall–Kier alpha value is -0.730. The summed E-state index contributed by atoms with van der Waals surface area (Å²) in [6.07, 6.45) is 0.536. The highest BCUT2D eigenvalue weighted by Gasteiger charge is 2.56. The van der Waals surface area contributed by atoms with E-state index in [4.69, 9.17) is 23.2 Å². The van der Waals surface area contributed by atoms with E-state index in [1.165, 1.54) is 0 Å². The number of benzene rings is 1. The molecule has 1 aromatic rings. The van der Waals surface area contributed by atoms with Gasteiger partial charge in [-0.1, -0.05) is 18.2 Å². The van der Waals surface area contributed by atoms with E-state index in [0.29, 0.717) is 6.42 Å². The first kappa shape index (κ1) is 9.81. The molecule has 0 radical (unpaired) electrons. The lowest BCUT2D eigenvalue weighted by Gasteiger charge is -2.03. The number of halogens is 2. The number of carbonyl (C=O) groups is 1. The number of para-hydroxylation sites is 1. The number of hydrogen-bond donors (Lipinski definition) is 1. The molecule has 1 aliphatic carbocycles. The van der Waals surface area contributed by atoms with Crippen molar-refractivity contribution in [3.63, 3.8) is 0 Å². The van der Waals surface area contributed by atoms with Crippen LogP contribution in [-0.2, 0) is 4.79 Å². The van der Waals surface area contributed by atoms with Crippen molar-refractivity contribution in [2.24, 2.45) is 5.92 Å². The van der Waals surface area contributed by atoms with E-state index in [1.807, 2.05) is 30.3 Å². The Morgan fingerprint density at radius 1 is 1.36 bits per heavy atom. The van der Waals surface area contributed by atoms with Crippen molar-refractivity contribution in [1.82, 2.24) is 0 Å². The van der Waals surface area contributed by atoms with Crippen LogP contribution < -0.4 is 5.32 Å². The van der Waals surface area contributed by atoms with Crippen molar-refractivity contribution in [3.8, 4) is 0 Å². The van der Waals surface area contributed by atoms with Gasteiger partial charge in [0.2, 0.25) is 5.91 Å². The summed E-state index contributed by atoms with van der Waals surface area (Å²) in [7, 11) is 0. The molecule has 0 aromatic heterocycles. The summed E-state index contributed by atoms with van der Waals surface area (Å²) in [5.74, 6) is -0.382. The average molecular weight is 230 g/mol. The molecule has 1 amide bonds. The lowest BCUT2D eigenvalue weighted by Crippen LogP contribution is -2.16. The molecule has 0 aliphatic heterocycles. The maximum atomic E-state index is 11.5. The van der Waals surface area contributed by atoms with Gasteiger partial charge in [0.05, 0.1) is 5.92 Å². The Morgan fingerprint density at radius 3 is 2.43 bits per heavy atom. The number of hydrogen-bond acceptors (Lipinski definition) is 1. The Morgan fingerprint density at radius 2 is 1.93 bits per heavy atom. The molecule has 1 aliphatic rings. The molecule has 2 nitrogen and oxygen atoms in total. The number of anilines is 1. The van der Waals surface area contributed by atoms with Gasteiger partial charge in [-0.25, -0.2) is 0 Å². The third-order valence-electron chi connectivity index (χ3n) is 2.18. The number of alkyl halides is 2. The van der Waals surface area contributed by atoms with Gasteiger partial charge in [0.1, 0.15) is 4.33 Å². The normalized spacial score (nSPS) is 22.9. The molecule has 1 fully saturated rings. The summed E-state index contributed by atoms with van der Waals surface area (Å²) in [5.41, 5.74) is 0.772. The number of carbonyl (C=O) groups excluding carboxylic acids is 1. The molecule has 1 saturated carbocycles. The number of rotatable bonds is 2. The zero-order valence-corrected chi connectivity index (χ0v) is 8.85. The highest BCUT2D eigenvalue weighted by atomic mass is 35.5. The molecule has 0 saturated heterocycles. The SMILES string of the molecule is O=C(Nc1ccccc1)[C@H]1CC1(Cl)Cl. The van der Waals surface area contributed by atoms with Crippen molar-refractivity contribution < 1.29 is 4.79 Å². The highest BCUT2D eigenvalue weighted by molar-refractivity contribution is 6.52. The lowest BCUT2D eigenvalue weighted by atomic mass is 10.3. The van der Waals surface area contributed by atoms with E-state index >= 15 is 0 Å². The fourth-order valence-corrected chi connectivity index (χ4v) is 1.76. The first-order valence-electron chi connectivity index (χ1n) is 4.33. The smallest absolute Gasteiger partial charge is 0.230 e. The lowest BCUT2D eigenvalue weighted by molar-refractivity contribution is -0.117. The maximum Gasteiger partial charge on any atom is 0.230 e. The van der Waals surface area contributed by atoms with Crippen LogP contribution in [0.25, 0.3) is 0 Å². The minimum Gasteiger partial charge on any atom is -0.326 e. The average Bonchev–Trinajstić information content (AvgIpc) is 2.77. The highest BCUT2D eigenvalue weighted by Crippen LogP contribution is 2.53. The number of amides is 1. The Labute approximate surface area is 92.2 Å². The second-order valence-corrected chi connectivity index (χ2v) is 4.92. The number of nitrogens with one attached hydrogen (secondary N) is 1. The molecular formula is C10H9Cl2NO. The molecular weight excluding hydrogens is 221 g/mol. The van der Waals surface area contributed by atoms with Gasteiger partial charge in [0.15, 0.2) is 0 Å². The van der Waals surface area contributed by atoms with Gasteiger partial charge in [-0.15, -0.1) is 23.2 Å². The van der Waals surface area contributed by atoms with Gasteiger partial charge in [-0.05, 0) is 18.6 Å². The fourth-order valence-electron chi connectivity index (χ4n) is 1.25. The van der Waals surface area contributed by atoms with E-state index in [2.05, 4.69) is 5.32 Å². The van der Waals surface area contributed by atoms with Crippen molar-refractivity contribution in [2.45, 2.75) is 10.8 Å². The first-order chi connectivity index (χ1) is 6.59. The van der Waals surface area contributed by atoms with Crippen LogP contribution in [0.3, 0.4) is 0 Å². The van der Waals surface area contributed by atoms with E-state index < -0.39 is 4.33 Å². The molecule has 2 rings (SSSR count). The minimum atomic E-state index is -0.848. The van der Waals surface area contributed by atoms with Gasteiger partial charge in [-0.2, -0.15) is 0 Å². The molecule has 0 spiro atoms. The van der Waals surface area contributed by atoms with Gasteiger partial charge in [-0.3, -0.25) is 4.79 Å². The molecule has 0 heterocycles. The zero-order valence-electron chi connectivity index (χ0n) is 7.34. The molecule has 1 atom stereocenters. The summed E-state index contributed by atoms with van der Waals surface area (Å²) in [5, 5.41) is 2.75. The van der Waals surface area contributed by atoms with Crippen LogP contribution in [0.4, 0.5) is 5.69 Å². The topological polar surface area (TPSA) is 29.1 Å². The molecule has 1 N–H and O–H groups in total. The van der Waals surface area contributed by atoms with E-state index in [9.17, 15) is 4.79 Å². The Bertz CT molecular complexity index is 350. The van der Waals surface area contributed by atoms with Gasteiger partial charge in [0, 0.05) is 5.69 Å². The van der Waals surface area contributed by atoms with Crippen LogP contribution >= 0.6 is 23.2 Å². The van der Waals surface area contributed by atoms with Crippen molar-refractivity contribution in [3.05, 3.63) is 30.3 Å². The van der Waals surface area contributed by atoms with Crippen LogP contribution in [0.15, 0.2) is 30.3 Å². The minimum absolute atomic E-state index is 0.110. The van der Waals surface area contributed by atoms with Crippen LogP contribution in [-0.4, -0.2) is 10.2 Å². The third kappa shape index (κ3) is 2.02. The largest absolute Gasteiger partial charge is 0.326 e. The summed E-state index contributed by atoms with van der Waals surface area (Å²) in [6.45, 7) is 0. The van der Waals surface area contributed by atoms with Crippen molar-refractivity contribution >= 4 is 34.8 Å². The molecule has 14 heavy (non-hydrogen) atoms. The molecule has 1 aromatic carbocycles. The molecule has 0 bridgehead atoms. The third-order valence-corrected chi connectivity index (χ3v) is 3.02. The van der Waals surface area contributed by atoms with Crippen molar-refractivity contribution in [1.29, 1.82) is 0 Å².